The van der Waals surface area contributed by atoms with E-state index in [1.807, 2.05) is 24.3 Å². The normalized spacial score (nSPS) is 15.3. The van der Waals surface area contributed by atoms with Crippen LogP contribution in [0.1, 0.15) is 26.3 Å². The largest absolute Gasteiger partial charge is 0.352 e. The van der Waals surface area contributed by atoms with Crippen molar-refractivity contribution in [1.29, 1.82) is 0 Å². The number of halogens is 1. The second-order valence-corrected chi connectivity index (χ2v) is 8.17. The van der Waals surface area contributed by atoms with E-state index in [1.165, 1.54) is 5.56 Å². The highest BCUT2D eigenvalue weighted by molar-refractivity contribution is 6.32. The predicted molar refractivity (Wildman–Crippen MR) is 116 cm³/mol. The molecule has 146 valence electrons. The SMILES string of the molecule is [C-]#[N+]/N=C(/Nc1ccc(C(C)(C)C)cc1)N1CCN(c2ncccc2Cl)CC1. The molecular weight excluding hydrogens is 372 g/mol. The summed E-state index contributed by atoms with van der Waals surface area (Å²) in [6.07, 6.45) is 1.75. The number of benzene rings is 1. The Kier molecular flexibility index (Phi) is 6.05. The Hall–Kier alpha value is -2.78. The lowest BCUT2D eigenvalue weighted by atomic mass is 9.87. The maximum atomic E-state index is 7.17. The number of piperazine rings is 1. The standard InChI is InChI=1S/C21H25ClN6/c1-21(2,3)16-7-9-17(10-8-16)25-20(26-23-4)28-14-12-27(13-15-28)19-18(22)6-5-11-24-19/h5-11H,12-15H2,1-3H3,(H,25,26). The van der Waals surface area contributed by atoms with Gasteiger partial charge in [-0.1, -0.05) is 44.5 Å². The van der Waals surface area contributed by atoms with E-state index in [-0.39, 0.29) is 5.41 Å². The summed E-state index contributed by atoms with van der Waals surface area (Å²) in [6, 6.07) is 12.0. The summed E-state index contributed by atoms with van der Waals surface area (Å²) in [5, 5.41) is 7.94. The van der Waals surface area contributed by atoms with Crippen LogP contribution in [0.25, 0.3) is 4.95 Å². The molecule has 1 N–H and O–H groups in total. The third kappa shape index (κ3) is 4.73. The molecule has 28 heavy (non-hydrogen) atoms. The van der Waals surface area contributed by atoms with Gasteiger partial charge in [-0.2, -0.15) is 6.57 Å². The number of anilines is 2. The third-order valence-corrected chi connectivity index (χ3v) is 5.06. The van der Waals surface area contributed by atoms with Crippen LogP contribution >= 0.6 is 11.6 Å². The summed E-state index contributed by atoms with van der Waals surface area (Å²) in [5.41, 5.74) is 2.29. The molecule has 0 bridgehead atoms. The monoisotopic (exact) mass is 396 g/mol. The summed E-state index contributed by atoms with van der Waals surface area (Å²) < 4.78 is 0. The van der Waals surface area contributed by atoms with Crippen LogP contribution in [-0.2, 0) is 5.41 Å². The van der Waals surface area contributed by atoms with Gasteiger partial charge in [0.05, 0.1) is 5.02 Å². The fourth-order valence-corrected chi connectivity index (χ4v) is 3.38. The van der Waals surface area contributed by atoms with Crippen LogP contribution in [0.4, 0.5) is 11.5 Å². The second kappa shape index (κ2) is 8.49. The zero-order valence-corrected chi connectivity index (χ0v) is 17.2. The van der Waals surface area contributed by atoms with Gasteiger partial charge in [-0.3, -0.25) is 0 Å². The quantitative estimate of drug-likeness (QED) is 0.352. The van der Waals surface area contributed by atoms with Crippen LogP contribution in [-0.4, -0.2) is 42.0 Å². The fourth-order valence-electron chi connectivity index (χ4n) is 3.14. The Balaban J connectivity index is 1.67. The number of rotatable bonds is 2. The minimum Gasteiger partial charge on any atom is -0.352 e. The molecule has 1 aliphatic heterocycles. The Morgan fingerprint density at radius 3 is 2.39 bits per heavy atom. The maximum Gasteiger partial charge on any atom is 0.285 e. The van der Waals surface area contributed by atoms with Crippen molar-refractivity contribution in [2.24, 2.45) is 5.10 Å². The third-order valence-electron chi connectivity index (χ3n) is 4.77. The molecule has 0 aliphatic carbocycles. The highest BCUT2D eigenvalue weighted by atomic mass is 35.5. The molecule has 1 aromatic carbocycles. The molecule has 1 aliphatic rings. The highest BCUT2D eigenvalue weighted by Crippen LogP contribution is 2.25. The minimum absolute atomic E-state index is 0.106. The van der Waals surface area contributed by atoms with Gasteiger partial charge in [0.1, 0.15) is 10.9 Å². The summed E-state index contributed by atoms with van der Waals surface area (Å²) in [5.74, 6) is 1.38. The van der Waals surface area contributed by atoms with Gasteiger partial charge in [-0.15, -0.1) is 4.95 Å². The van der Waals surface area contributed by atoms with Crippen LogP contribution in [0.2, 0.25) is 5.02 Å². The molecule has 2 heterocycles. The van der Waals surface area contributed by atoms with Crippen molar-refractivity contribution < 1.29 is 0 Å². The van der Waals surface area contributed by atoms with Crippen molar-refractivity contribution in [1.82, 2.24) is 9.88 Å². The number of guanidine groups is 1. The summed E-state index contributed by atoms with van der Waals surface area (Å²) in [6.45, 7) is 16.7. The molecule has 0 unspecified atom stereocenters. The maximum absolute atomic E-state index is 7.17. The van der Waals surface area contributed by atoms with E-state index in [4.69, 9.17) is 18.2 Å². The Labute approximate surface area is 171 Å². The molecule has 1 fully saturated rings. The molecule has 0 amide bonds. The number of aromatic nitrogens is 1. The first-order valence-electron chi connectivity index (χ1n) is 9.31. The molecule has 6 nitrogen and oxygen atoms in total. The fraction of sp³-hybridized carbons (Fsp3) is 0.381. The molecule has 1 saturated heterocycles. The molecule has 2 aromatic rings. The Morgan fingerprint density at radius 2 is 1.82 bits per heavy atom. The van der Waals surface area contributed by atoms with Crippen molar-refractivity contribution >= 4 is 29.1 Å². The van der Waals surface area contributed by atoms with Gasteiger partial charge < -0.3 is 15.1 Å². The molecule has 0 spiro atoms. The Bertz CT molecular complexity index is 871. The predicted octanol–water partition coefficient (Wildman–Crippen LogP) is 4.46. The van der Waals surface area contributed by atoms with Crippen LogP contribution in [0, 0.1) is 6.57 Å². The van der Waals surface area contributed by atoms with Crippen molar-refractivity contribution in [3.63, 3.8) is 0 Å². The first-order valence-corrected chi connectivity index (χ1v) is 9.68. The molecule has 0 radical (unpaired) electrons. The molecule has 7 heteroatoms. The number of hydrogen-bond acceptors (Lipinski definition) is 3. The van der Waals surface area contributed by atoms with E-state index in [2.05, 4.69) is 63.1 Å². The van der Waals surface area contributed by atoms with Gasteiger partial charge in [0.25, 0.3) is 5.96 Å². The van der Waals surface area contributed by atoms with Crippen LogP contribution < -0.4 is 10.2 Å². The topological polar surface area (TPSA) is 48.1 Å². The molecular formula is C21H25ClN6. The lowest BCUT2D eigenvalue weighted by molar-refractivity contribution is 0.383. The molecule has 3 rings (SSSR count). The van der Waals surface area contributed by atoms with Gasteiger partial charge in [-0.05, 0) is 35.2 Å². The van der Waals surface area contributed by atoms with E-state index in [0.29, 0.717) is 11.0 Å². The second-order valence-electron chi connectivity index (χ2n) is 7.76. The van der Waals surface area contributed by atoms with E-state index >= 15 is 0 Å². The van der Waals surface area contributed by atoms with Crippen molar-refractivity contribution in [2.45, 2.75) is 26.2 Å². The lowest BCUT2D eigenvalue weighted by Gasteiger charge is -2.36. The van der Waals surface area contributed by atoms with Crippen LogP contribution in [0.3, 0.4) is 0 Å². The van der Waals surface area contributed by atoms with Gasteiger partial charge in [0.15, 0.2) is 0 Å². The van der Waals surface area contributed by atoms with E-state index in [0.717, 1.165) is 37.7 Å². The smallest absolute Gasteiger partial charge is 0.285 e. The average Bonchev–Trinajstić information content (AvgIpc) is 2.68. The number of hydrogen-bond donors (Lipinski definition) is 1. The van der Waals surface area contributed by atoms with E-state index in [9.17, 15) is 0 Å². The van der Waals surface area contributed by atoms with Crippen molar-refractivity contribution in [2.75, 3.05) is 36.4 Å². The summed E-state index contributed by atoms with van der Waals surface area (Å²) >= 11 is 6.26. The summed E-state index contributed by atoms with van der Waals surface area (Å²) in [4.78, 5) is 11.9. The van der Waals surface area contributed by atoms with E-state index in [1.54, 1.807) is 6.20 Å². The van der Waals surface area contributed by atoms with Crippen molar-refractivity contribution in [3.8, 4) is 0 Å². The van der Waals surface area contributed by atoms with Gasteiger partial charge in [0, 0.05) is 38.1 Å². The number of nitrogens with zero attached hydrogens (tertiary/aromatic N) is 5. The summed E-state index contributed by atoms with van der Waals surface area (Å²) in [7, 11) is 0. The van der Waals surface area contributed by atoms with Gasteiger partial charge >= 0.3 is 0 Å². The molecule has 1 aromatic heterocycles. The van der Waals surface area contributed by atoms with Gasteiger partial charge in [0.2, 0.25) is 0 Å². The van der Waals surface area contributed by atoms with Crippen molar-refractivity contribution in [3.05, 3.63) is 64.7 Å². The average molecular weight is 397 g/mol. The molecule has 0 saturated carbocycles. The van der Waals surface area contributed by atoms with Gasteiger partial charge in [-0.25, -0.2) is 4.98 Å². The number of nitrogens with one attached hydrogen (secondary N) is 1. The first-order chi connectivity index (χ1) is 13.4. The van der Waals surface area contributed by atoms with Crippen LogP contribution in [0.5, 0.6) is 0 Å². The van der Waals surface area contributed by atoms with Crippen LogP contribution in [0.15, 0.2) is 47.7 Å². The Morgan fingerprint density at radius 1 is 1.14 bits per heavy atom. The lowest BCUT2D eigenvalue weighted by Crippen LogP contribution is -2.50. The zero-order valence-electron chi connectivity index (χ0n) is 16.5. The highest BCUT2D eigenvalue weighted by Gasteiger charge is 2.23. The number of pyridine rings is 1. The zero-order chi connectivity index (χ0) is 20.1. The minimum atomic E-state index is 0.106. The molecule has 0 atom stereocenters. The van der Waals surface area contributed by atoms with E-state index < -0.39 is 0 Å². The first kappa shape index (κ1) is 20.0.